The fraction of sp³-hybridized carbons (Fsp3) is 0.421. The molecule has 0 aromatic heterocycles. The Kier molecular flexibility index (Phi) is 6.46. The number of anilines is 1. The van der Waals surface area contributed by atoms with E-state index in [0.29, 0.717) is 11.3 Å². The van der Waals surface area contributed by atoms with Gasteiger partial charge >= 0.3 is 11.9 Å². The van der Waals surface area contributed by atoms with Gasteiger partial charge in [0.1, 0.15) is 10.8 Å². The van der Waals surface area contributed by atoms with Crippen molar-refractivity contribution in [3.05, 3.63) is 29.8 Å². The third kappa shape index (κ3) is 4.10. The fourth-order valence-corrected chi connectivity index (χ4v) is 3.80. The van der Waals surface area contributed by atoms with Crippen LogP contribution < -0.4 is 5.32 Å². The molecule has 0 unspecified atom stereocenters. The van der Waals surface area contributed by atoms with Gasteiger partial charge in [0.2, 0.25) is 5.91 Å². The molecular formula is C19H23N3O8. The number of carboxylic acid groups (broad SMARTS) is 3. The Morgan fingerprint density at radius 3 is 1.93 bits per heavy atom. The summed E-state index contributed by atoms with van der Waals surface area (Å²) in [6, 6.07) is 6.21. The number of carboxylic acids is 2. The number of amides is 2. The second-order valence-corrected chi connectivity index (χ2v) is 7.58. The molecule has 2 aliphatic rings. The number of nitrogens with one attached hydrogen (secondary N) is 1. The van der Waals surface area contributed by atoms with Crippen molar-refractivity contribution in [1.82, 2.24) is 9.80 Å². The van der Waals surface area contributed by atoms with Crippen molar-refractivity contribution >= 4 is 35.9 Å². The third-order valence-electron chi connectivity index (χ3n) is 5.30. The second-order valence-electron chi connectivity index (χ2n) is 7.58. The van der Waals surface area contributed by atoms with Gasteiger partial charge in [0.05, 0.1) is 6.54 Å². The van der Waals surface area contributed by atoms with E-state index >= 15 is 0 Å². The number of carbonyl (C=O) groups is 5. The average molecular weight is 421 g/mol. The highest BCUT2D eigenvalue weighted by atomic mass is 16.4. The van der Waals surface area contributed by atoms with E-state index in [9.17, 15) is 29.4 Å². The van der Waals surface area contributed by atoms with Crippen LogP contribution in [0.2, 0.25) is 0 Å². The molecule has 1 aliphatic heterocycles. The molecule has 1 saturated heterocycles. The number of benzene rings is 1. The van der Waals surface area contributed by atoms with E-state index in [-0.39, 0.29) is 38.4 Å². The maximum atomic E-state index is 12.7. The smallest absolute Gasteiger partial charge is 0.312 e. The Hall–Kier alpha value is -3.47. The number of likely N-dealkylation sites (N-methyl/N-ethyl adjacent to an activating group) is 1. The van der Waals surface area contributed by atoms with Gasteiger partial charge in [0, 0.05) is 24.3 Å². The molecule has 162 valence electrons. The molecule has 2 atom stereocenters. The number of fused-ring (bicyclic) bond motifs is 1. The van der Waals surface area contributed by atoms with Crippen molar-refractivity contribution in [2.75, 3.05) is 39.0 Å². The molecule has 11 nitrogen and oxygen atoms in total. The lowest BCUT2D eigenvalue weighted by Gasteiger charge is -2.20. The Bertz CT molecular complexity index is 841. The van der Waals surface area contributed by atoms with Gasteiger partial charge < -0.3 is 30.4 Å². The molecule has 1 aromatic rings. The summed E-state index contributed by atoms with van der Waals surface area (Å²) in [6.07, 6.45) is 0.0469. The van der Waals surface area contributed by atoms with Gasteiger partial charge in [0.15, 0.2) is 0 Å². The van der Waals surface area contributed by atoms with Crippen LogP contribution in [0.5, 0.6) is 0 Å². The first kappa shape index (κ1) is 22.8. The van der Waals surface area contributed by atoms with Gasteiger partial charge in [0.25, 0.3) is 12.4 Å². The van der Waals surface area contributed by atoms with Gasteiger partial charge in [-0.1, -0.05) is 0 Å². The monoisotopic (exact) mass is 421 g/mol. The van der Waals surface area contributed by atoms with Crippen LogP contribution in [-0.4, -0.2) is 89.1 Å². The van der Waals surface area contributed by atoms with Crippen molar-refractivity contribution in [2.24, 2.45) is 10.8 Å². The molecule has 0 radical (unpaired) electrons. The van der Waals surface area contributed by atoms with Gasteiger partial charge in [-0.3, -0.25) is 24.0 Å². The maximum absolute atomic E-state index is 12.7. The molecule has 0 spiro atoms. The van der Waals surface area contributed by atoms with Crippen LogP contribution in [0.25, 0.3) is 0 Å². The van der Waals surface area contributed by atoms with Crippen LogP contribution in [0.4, 0.5) is 5.69 Å². The molecule has 1 heterocycles. The zero-order valence-corrected chi connectivity index (χ0v) is 16.5. The minimum atomic E-state index is -1.39. The number of likely N-dealkylation sites (tertiary alicyclic amines) is 1. The molecule has 30 heavy (non-hydrogen) atoms. The van der Waals surface area contributed by atoms with Crippen molar-refractivity contribution in [3.8, 4) is 0 Å². The summed E-state index contributed by atoms with van der Waals surface area (Å²) in [5.74, 6) is -2.97. The fourth-order valence-electron chi connectivity index (χ4n) is 3.80. The molecule has 1 aliphatic carbocycles. The highest BCUT2D eigenvalue weighted by Gasteiger charge is 2.81. The maximum Gasteiger partial charge on any atom is 0.312 e. The number of piperidine rings is 1. The quantitative estimate of drug-likeness (QED) is 0.459. The molecule has 1 saturated carbocycles. The first-order valence-electron chi connectivity index (χ1n) is 8.91. The van der Waals surface area contributed by atoms with E-state index < -0.39 is 28.7 Å². The van der Waals surface area contributed by atoms with E-state index in [4.69, 9.17) is 9.90 Å². The van der Waals surface area contributed by atoms with Crippen LogP contribution in [-0.2, 0) is 19.2 Å². The Balaban J connectivity index is 0.00000101. The first-order chi connectivity index (χ1) is 14.0. The van der Waals surface area contributed by atoms with Crippen molar-refractivity contribution in [2.45, 2.75) is 6.42 Å². The topological polar surface area (TPSA) is 165 Å². The molecule has 4 N–H and O–H groups in total. The van der Waals surface area contributed by atoms with Crippen LogP contribution in [0, 0.1) is 10.8 Å². The summed E-state index contributed by atoms with van der Waals surface area (Å²) in [5.41, 5.74) is -1.95. The molecule has 11 heteroatoms. The lowest BCUT2D eigenvalue weighted by Crippen LogP contribution is -2.34. The molecule has 2 fully saturated rings. The van der Waals surface area contributed by atoms with E-state index in [0.717, 1.165) is 0 Å². The molecule has 0 bridgehead atoms. The van der Waals surface area contributed by atoms with E-state index in [1.54, 1.807) is 31.1 Å². The largest absolute Gasteiger partial charge is 0.483 e. The second kappa shape index (κ2) is 8.49. The van der Waals surface area contributed by atoms with Gasteiger partial charge in [-0.2, -0.15) is 0 Å². The Morgan fingerprint density at radius 1 is 1.07 bits per heavy atom. The predicted molar refractivity (Wildman–Crippen MR) is 103 cm³/mol. The third-order valence-corrected chi connectivity index (χ3v) is 5.30. The lowest BCUT2D eigenvalue weighted by molar-refractivity contribution is -0.151. The van der Waals surface area contributed by atoms with Crippen molar-refractivity contribution in [1.29, 1.82) is 0 Å². The van der Waals surface area contributed by atoms with Crippen molar-refractivity contribution < 1.29 is 39.3 Å². The summed E-state index contributed by atoms with van der Waals surface area (Å²) in [5, 5.41) is 28.5. The number of aliphatic carboxylic acids is 2. The molecule has 1 aromatic carbocycles. The molecular weight excluding hydrogens is 398 g/mol. The lowest BCUT2D eigenvalue weighted by atomic mass is 9.97. The molecule has 2 amide bonds. The zero-order chi connectivity index (χ0) is 22.7. The number of carbonyl (C=O) groups excluding carboxylic acids is 2. The minimum Gasteiger partial charge on any atom is -0.483 e. The van der Waals surface area contributed by atoms with Crippen LogP contribution in [0.1, 0.15) is 16.8 Å². The first-order valence-corrected chi connectivity index (χ1v) is 8.91. The van der Waals surface area contributed by atoms with Gasteiger partial charge in [-0.25, -0.2) is 0 Å². The predicted octanol–water partition coefficient (Wildman–Crippen LogP) is -0.111. The molecule has 3 rings (SSSR count). The number of hydrogen-bond donors (Lipinski definition) is 4. The van der Waals surface area contributed by atoms with Gasteiger partial charge in [-0.05, 0) is 44.8 Å². The SMILES string of the molecule is CN(C)CC(=O)Nc1ccc(C(=O)N2C[C@@]3(C(=O)O)C[C@@]3(C(=O)O)C2)cc1.O=CO. The van der Waals surface area contributed by atoms with Gasteiger partial charge in [-0.15, -0.1) is 0 Å². The van der Waals surface area contributed by atoms with E-state index in [2.05, 4.69) is 5.32 Å². The van der Waals surface area contributed by atoms with Crippen LogP contribution in [0.3, 0.4) is 0 Å². The standard InChI is InChI=1S/C18H21N3O6.CH2O2/c1-20(2)7-13(22)19-12-5-3-11(4-6-12)14(23)21-9-17(15(24)25)8-18(17,10-21)16(26)27;2-1-3/h3-6H,7-10H2,1-2H3,(H,19,22)(H,24,25)(H,26,27);1H,(H,2,3)/t17-,18+;. The average Bonchev–Trinajstić information content (AvgIpc) is 3.20. The normalized spacial score (nSPS) is 23.6. The van der Waals surface area contributed by atoms with Crippen LogP contribution in [0.15, 0.2) is 24.3 Å². The summed E-state index contributed by atoms with van der Waals surface area (Å²) < 4.78 is 0. The van der Waals surface area contributed by atoms with E-state index in [1.165, 1.54) is 17.0 Å². The summed E-state index contributed by atoms with van der Waals surface area (Å²) in [6.45, 7) is -0.257. The zero-order valence-electron chi connectivity index (χ0n) is 16.5. The summed E-state index contributed by atoms with van der Waals surface area (Å²) in [4.78, 5) is 58.9. The van der Waals surface area contributed by atoms with Crippen molar-refractivity contribution in [3.63, 3.8) is 0 Å². The Labute approximate surface area is 171 Å². The number of nitrogens with zero attached hydrogens (tertiary/aromatic N) is 2. The summed E-state index contributed by atoms with van der Waals surface area (Å²) >= 11 is 0. The Morgan fingerprint density at radius 2 is 1.53 bits per heavy atom. The minimum absolute atomic E-state index is 0.0469. The van der Waals surface area contributed by atoms with E-state index in [1.807, 2.05) is 0 Å². The highest BCUT2D eigenvalue weighted by Crippen LogP contribution is 2.68. The van der Waals surface area contributed by atoms with Crippen LogP contribution >= 0.6 is 0 Å². The number of rotatable bonds is 6. The number of hydrogen-bond acceptors (Lipinski definition) is 6. The summed E-state index contributed by atoms with van der Waals surface area (Å²) in [7, 11) is 3.55. The highest BCUT2D eigenvalue weighted by molar-refractivity contribution is 6.00.